The molecule has 1 fully saturated rings. The molecule has 3 heterocycles. The van der Waals surface area contributed by atoms with Crippen molar-refractivity contribution < 1.29 is 22.8 Å². The summed E-state index contributed by atoms with van der Waals surface area (Å²) in [5.41, 5.74) is -4.05. The molecule has 0 saturated carbocycles. The van der Waals surface area contributed by atoms with Crippen LogP contribution < -0.4 is 20.0 Å². The molecule has 0 bridgehead atoms. The van der Waals surface area contributed by atoms with Crippen LogP contribution in [0, 0.1) is 0 Å². The van der Waals surface area contributed by atoms with Crippen molar-refractivity contribution in [2.75, 3.05) is 40.9 Å². The van der Waals surface area contributed by atoms with Crippen LogP contribution in [-0.2, 0) is 4.79 Å². The summed E-state index contributed by atoms with van der Waals surface area (Å²) in [6.45, 7) is 15.0. The first-order valence-corrected chi connectivity index (χ1v) is 15.7. The third kappa shape index (κ3) is 6.50. The number of hydrogen-bond acceptors (Lipinski definition) is 7. The summed E-state index contributed by atoms with van der Waals surface area (Å²) in [5.74, 6) is 0.0198. The van der Waals surface area contributed by atoms with Gasteiger partial charge in [0.1, 0.15) is 17.2 Å². The van der Waals surface area contributed by atoms with E-state index in [4.69, 9.17) is 0 Å². The average molecular weight is 629 g/mol. The first-order chi connectivity index (χ1) is 20.9. The van der Waals surface area contributed by atoms with Crippen molar-refractivity contribution in [3.63, 3.8) is 0 Å². The van der Waals surface area contributed by atoms with Gasteiger partial charge in [0, 0.05) is 55.3 Å². The zero-order valence-corrected chi connectivity index (χ0v) is 26.7. The number of nitrogens with one attached hydrogen (secondary N) is 1. The maximum absolute atomic E-state index is 14.6. The summed E-state index contributed by atoms with van der Waals surface area (Å²) in [7, 11) is 0. The second-order valence-corrected chi connectivity index (χ2v) is 11.8. The summed E-state index contributed by atoms with van der Waals surface area (Å²) in [4.78, 5) is 42.6. The van der Waals surface area contributed by atoms with Gasteiger partial charge in [-0.2, -0.15) is 13.2 Å². The molecule has 0 spiro atoms. The molecular formula is C32H39F3N6O2S. The van der Waals surface area contributed by atoms with Crippen LogP contribution in [-0.4, -0.2) is 59.1 Å². The first-order valence-electron chi connectivity index (χ1n) is 14.8. The van der Waals surface area contributed by atoms with E-state index in [9.17, 15) is 22.8 Å². The van der Waals surface area contributed by atoms with E-state index in [1.165, 1.54) is 24.3 Å². The molecule has 1 aliphatic heterocycles. The van der Waals surface area contributed by atoms with Crippen molar-refractivity contribution in [2.45, 2.75) is 69.3 Å². The van der Waals surface area contributed by atoms with Gasteiger partial charge in [-0.25, -0.2) is 19.7 Å². The smallest absolute Gasteiger partial charge is 0.357 e. The second-order valence-electron chi connectivity index (χ2n) is 10.7. The molecule has 12 heteroatoms. The van der Waals surface area contributed by atoms with Crippen molar-refractivity contribution >= 4 is 41.0 Å². The number of thioether (sulfide) groups is 1. The summed E-state index contributed by atoms with van der Waals surface area (Å²) in [5, 5.41) is 3.05. The van der Waals surface area contributed by atoms with Crippen LogP contribution >= 0.6 is 11.8 Å². The lowest BCUT2D eigenvalue weighted by Gasteiger charge is -2.39. The maximum Gasteiger partial charge on any atom is 0.446 e. The number of aromatic nitrogens is 2. The molecule has 0 radical (unpaired) electrons. The minimum atomic E-state index is -4.45. The van der Waals surface area contributed by atoms with Crippen LogP contribution in [0.25, 0.3) is 0 Å². The minimum absolute atomic E-state index is 0.0391. The third-order valence-electron chi connectivity index (χ3n) is 8.48. The number of anilines is 3. The zero-order valence-electron chi connectivity index (χ0n) is 25.9. The van der Waals surface area contributed by atoms with Crippen LogP contribution in [0.1, 0.15) is 64.5 Å². The van der Waals surface area contributed by atoms with Gasteiger partial charge in [0.15, 0.2) is 0 Å². The maximum atomic E-state index is 14.6. The van der Waals surface area contributed by atoms with Crippen LogP contribution in [0.5, 0.6) is 0 Å². The van der Waals surface area contributed by atoms with E-state index >= 15 is 0 Å². The van der Waals surface area contributed by atoms with Gasteiger partial charge in [0.25, 0.3) is 5.91 Å². The summed E-state index contributed by atoms with van der Waals surface area (Å²) in [6, 6.07) is 12.2. The molecule has 1 aromatic carbocycles. The van der Waals surface area contributed by atoms with Crippen molar-refractivity contribution in [1.29, 1.82) is 0 Å². The average Bonchev–Trinajstić information content (AvgIpc) is 3.28. The molecule has 0 aliphatic carbocycles. The highest BCUT2D eigenvalue weighted by Gasteiger charge is 2.58. The molecule has 1 aliphatic rings. The quantitative estimate of drug-likeness (QED) is 0.168. The molecule has 8 nitrogen and oxygen atoms in total. The molecule has 4 rings (SSSR count). The Hall–Kier alpha value is -3.80. The zero-order chi connectivity index (χ0) is 32.2. The predicted octanol–water partition coefficient (Wildman–Crippen LogP) is 7.18. The largest absolute Gasteiger partial charge is 0.446 e. The highest BCUT2D eigenvalue weighted by molar-refractivity contribution is 8.00. The number of alkyl halides is 3. The number of carbonyl (C=O) groups excluding carboxylic acids is 2. The molecule has 2 unspecified atom stereocenters. The number of pyridine rings is 2. The normalized spacial score (nSPS) is 18.2. The standard InChI is InChI=1S/C32H39F3N6O2S/c1-7-39(8-2)27-19-23(15-17-36-27)21(5)31(22(6)24-16-18-37-28(20-24)40(9-3)10-4)29(42)41(30(43)38-31)25-11-13-26(14-12-25)44-32(33,34)35/h11-22H,7-10H2,1-6H3,(H,38,43). The number of rotatable bonds is 12. The topological polar surface area (TPSA) is 81.7 Å². The van der Waals surface area contributed by atoms with Crippen LogP contribution in [0.15, 0.2) is 65.8 Å². The Morgan fingerprint density at radius 2 is 1.27 bits per heavy atom. The fraction of sp³-hybridized carbons (Fsp3) is 0.438. The predicted molar refractivity (Wildman–Crippen MR) is 170 cm³/mol. The Kier molecular flexibility index (Phi) is 10.1. The Morgan fingerprint density at radius 1 is 0.818 bits per heavy atom. The van der Waals surface area contributed by atoms with Gasteiger partial charge >= 0.3 is 11.5 Å². The van der Waals surface area contributed by atoms with Gasteiger partial charge in [-0.15, -0.1) is 0 Å². The van der Waals surface area contributed by atoms with Gasteiger partial charge in [-0.1, -0.05) is 13.8 Å². The minimum Gasteiger partial charge on any atom is -0.357 e. The van der Waals surface area contributed by atoms with Crippen molar-refractivity contribution in [3.05, 3.63) is 72.1 Å². The van der Waals surface area contributed by atoms with Gasteiger partial charge in [-0.05, 0) is 99.1 Å². The fourth-order valence-corrected chi connectivity index (χ4v) is 6.47. The lowest BCUT2D eigenvalue weighted by atomic mass is 9.70. The molecule has 3 aromatic rings. The van der Waals surface area contributed by atoms with Crippen molar-refractivity contribution in [2.24, 2.45) is 0 Å². The summed E-state index contributed by atoms with van der Waals surface area (Å²) >= 11 is -0.252. The summed E-state index contributed by atoms with van der Waals surface area (Å²) in [6.07, 6.45) is 3.41. The summed E-state index contributed by atoms with van der Waals surface area (Å²) < 4.78 is 38.8. The number of benzene rings is 1. The monoisotopic (exact) mass is 628 g/mol. The SMILES string of the molecule is CCN(CC)c1cc(C(C)C2(C(C)c3ccnc(N(CC)CC)c3)NC(=O)N(c3ccc(SC(F)(F)F)cc3)C2=O)ccn1. The van der Waals surface area contributed by atoms with Gasteiger partial charge in [-0.3, -0.25) is 4.79 Å². The molecule has 44 heavy (non-hydrogen) atoms. The van der Waals surface area contributed by atoms with Gasteiger partial charge < -0.3 is 15.1 Å². The molecule has 3 amide bonds. The molecule has 2 aromatic heterocycles. The van der Waals surface area contributed by atoms with Crippen molar-refractivity contribution in [1.82, 2.24) is 15.3 Å². The molecule has 1 N–H and O–H groups in total. The highest BCUT2D eigenvalue weighted by atomic mass is 32.2. The third-order valence-corrected chi connectivity index (χ3v) is 9.22. The Labute approximate surface area is 261 Å². The number of urea groups is 1. The number of nitrogens with zero attached hydrogens (tertiary/aromatic N) is 5. The lowest BCUT2D eigenvalue weighted by Crippen LogP contribution is -2.55. The molecule has 2 atom stereocenters. The second kappa shape index (κ2) is 13.5. The van der Waals surface area contributed by atoms with E-state index in [1.54, 1.807) is 12.4 Å². The molecule has 236 valence electrons. The lowest BCUT2D eigenvalue weighted by molar-refractivity contribution is -0.123. The van der Waals surface area contributed by atoms with E-state index in [2.05, 4.69) is 25.1 Å². The molecular weight excluding hydrogens is 589 g/mol. The van der Waals surface area contributed by atoms with Crippen LogP contribution in [0.3, 0.4) is 0 Å². The van der Waals surface area contributed by atoms with E-state index < -0.39 is 34.8 Å². The van der Waals surface area contributed by atoms with Crippen molar-refractivity contribution in [3.8, 4) is 0 Å². The number of carbonyl (C=O) groups is 2. The Balaban J connectivity index is 1.83. The van der Waals surface area contributed by atoms with Crippen LogP contribution in [0.2, 0.25) is 0 Å². The number of halogens is 3. The van der Waals surface area contributed by atoms with Gasteiger partial charge in [0.05, 0.1) is 5.69 Å². The number of imide groups is 1. The number of hydrogen-bond donors (Lipinski definition) is 1. The van der Waals surface area contributed by atoms with E-state index in [-0.39, 0.29) is 22.3 Å². The molecule has 1 saturated heterocycles. The van der Waals surface area contributed by atoms with Gasteiger partial charge in [0.2, 0.25) is 0 Å². The first kappa shape index (κ1) is 33.1. The Bertz CT molecular complexity index is 1400. The Morgan fingerprint density at radius 3 is 1.68 bits per heavy atom. The van der Waals surface area contributed by atoms with E-state index in [1.807, 2.05) is 65.8 Å². The van der Waals surface area contributed by atoms with Crippen LogP contribution in [0.4, 0.5) is 35.3 Å². The highest BCUT2D eigenvalue weighted by Crippen LogP contribution is 2.46. The fourth-order valence-electron chi connectivity index (χ4n) is 5.93. The number of amides is 3. The van der Waals surface area contributed by atoms with E-state index in [0.717, 1.165) is 53.8 Å². The van der Waals surface area contributed by atoms with E-state index in [0.29, 0.717) is 0 Å².